The predicted molar refractivity (Wildman–Crippen MR) is 61.0 cm³/mol. The molecule has 0 aliphatic rings. The SMILES string of the molecule is CCCCCCCCCC=O.C[As](=O)([O-])[O-].[Na+].[Na+]. The van der Waals surface area contributed by atoms with Crippen molar-refractivity contribution in [2.24, 2.45) is 0 Å². The topological polar surface area (TPSA) is 80.3 Å². The number of carbonyl (C=O) groups excluding carboxylic acids is 1. The van der Waals surface area contributed by atoms with Crippen molar-refractivity contribution in [3.8, 4) is 0 Å². The molecule has 0 aromatic rings. The molecule has 0 N–H and O–H groups in total. The Labute approximate surface area is 158 Å². The Morgan fingerprint density at radius 3 is 1.61 bits per heavy atom. The number of hydrogen-bond acceptors (Lipinski definition) is 4. The van der Waals surface area contributed by atoms with E-state index in [1.807, 2.05) is 0 Å². The van der Waals surface area contributed by atoms with Gasteiger partial charge in [-0.05, 0) is 6.42 Å². The largest absolute Gasteiger partial charge is 1.00 e. The van der Waals surface area contributed by atoms with Gasteiger partial charge in [0.1, 0.15) is 6.29 Å². The maximum atomic E-state index is 9.94. The van der Waals surface area contributed by atoms with Crippen LogP contribution in [0.2, 0.25) is 5.71 Å². The zero-order chi connectivity index (χ0) is 12.9. The number of unbranched alkanes of at least 4 members (excludes halogenated alkanes) is 7. The summed E-state index contributed by atoms with van der Waals surface area (Å²) in [7, 11) is 0. The van der Waals surface area contributed by atoms with Crippen LogP contribution in [0.4, 0.5) is 0 Å². The summed E-state index contributed by atoms with van der Waals surface area (Å²) in [5.41, 5.74) is 0.693. The van der Waals surface area contributed by atoms with Crippen LogP contribution in [-0.2, 0) is 8.53 Å². The zero-order valence-corrected chi connectivity index (χ0v) is 18.2. The van der Waals surface area contributed by atoms with Crippen molar-refractivity contribution in [2.75, 3.05) is 0 Å². The van der Waals surface area contributed by atoms with Crippen LogP contribution in [0.15, 0.2) is 0 Å². The van der Waals surface area contributed by atoms with Gasteiger partial charge in [0.2, 0.25) is 0 Å². The second-order valence-corrected chi connectivity index (χ2v) is 7.08. The van der Waals surface area contributed by atoms with Crippen LogP contribution in [0.25, 0.3) is 0 Å². The molecule has 0 aromatic heterocycles. The first-order valence-electron chi connectivity index (χ1n) is 5.85. The number of hydrogen-bond donors (Lipinski definition) is 0. The Balaban J connectivity index is -0.000000122. The minimum Gasteiger partial charge on any atom is 1.00 e. The minimum absolute atomic E-state index is 0. The molecule has 18 heavy (non-hydrogen) atoms. The fourth-order valence-corrected chi connectivity index (χ4v) is 1.18. The summed E-state index contributed by atoms with van der Waals surface area (Å²) in [6.45, 7) is 2.23. The van der Waals surface area contributed by atoms with Crippen LogP contribution in [0.3, 0.4) is 0 Å². The van der Waals surface area contributed by atoms with Gasteiger partial charge in [0.15, 0.2) is 0 Å². The van der Waals surface area contributed by atoms with Crippen molar-refractivity contribution < 1.29 is 75.8 Å². The maximum absolute atomic E-state index is 9.94. The van der Waals surface area contributed by atoms with E-state index in [4.69, 9.17) is 11.9 Å². The van der Waals surface area contributed by atoms with Gasteiger partial charge in [0.05, 0.1) is 0 Å². The Kier molecular flexibility index (Phi) is 33.2. The molecule has 0 heterocycles. The zero-order valence-electron chi connectivity index (χ0n) is 12.3. The summed E-state index contributed by atoms with van der Waals surface area (Å²) in [6.07, 6.45) is 10.8. The van der Waals surface area contributed by atoms with Gasteiger partial charge in [-0.15, -0.1) is 0 Å². The van der Waals surface area contributed by atoms with E-state index >= 15 is 0 Å². The summed E-state index contributed by atoms with van der Waals surface area (Å²) in [6, 6.07) is 0. The van der Waals surface area contributed by atoms with E-state index in [1.165, 1.54) is 38.5 Å². The van der Waals surface area contributed by atoms with Crippen molar-refractivity contribution in [1.82, 2.24) is 0 Å². The Bertz CT molecular complexity index is 189. The van der Waals surface area contributed by atoms with Gasteiger partial charge in [0, 0.05) is 6.42 Å². The van der Waals surface area contributed by atoms with Gasteiger partial charge in [-0.1, -0.05) is 45.4 Å². The van der Waals surface area contributed by atoms with E-state index < -0.39 is 14.2 Å². The molecule has 0 bridgehead atoms. The third kappa shape index (κ3) is 52.1. The van der Waals surface area contributed by atoms with Gasteiger partial charge in [-0.3, -0.25) is 0 Å². The molecule has 0 atom stereocenters. The van der Waals surface area contributed by atoms with Gasteiger partial charge in [-0.2, -0.15) is 0 Å². The van der Waals surface area contributed by atoms with Gasteiger partial charge < -0.3 is 4.79 Å². The third-order valence-electron chi connectivity index (χ3n) is 1.93. The van der Waals surface area contributed by atoms with Crippen LogP contribution in [-0.4, -0.2) is 20.5 Å². The van der Waals surface area contributed by atoms with Gasteiger partial charge in [0.25, 0.3) is 0 Å². The molecule has 0 aromatic carbocycles. The maximum Gasteiger partial charge on any atom is 1.00 e. The normalized spacial score (nSPS) is 9.33. The molecule has 0 spiro atoms. The van der Waals surface area contributed by atoms with Crippen molar-refractivity contribution in [2.45, 2.75) is 64.0 Å². The second-order valence-electron chi connectivity index (χ2n) is 3.85. The summed E-state index contributed by atoms with van der Waals surface area (Å²) in [5, 5.41) is 0. The number of aldehydes is 1. The summed E-state index contributed by atoms with van der Waals surface area (Å²) >= 11 is -4.62. The van der Waals surface area contributed by atoms with Crippen molar-refractivity contribution in [3.63, 3.8) is 0 Å². The number of rotatable bonds is 8. The fraction of sp³-hybridized carbons (Fsp3) is 0.909. The van der Waals surface area contributed by atoms with E-state index in [-0.39, 0.29) is 59.1 Å². The molecule has 0 fully saturated rings. The Morgan fingerprint density at radius 1 is 0.944 bits per heavy atom. The van der Waals surface area contributed by atoms with E-state index in [9.17, 15) is 4.79 Å². The van der Waals surface area contributed by atoms with E-state index in [0.29, 0.717) is 5.71 Å². The van der Waals surface area contributed by atoms with E-state index in [1.54, 1.807) is 0 Å². The van der Waals surface area contributed by atoms with Crippen molar-refractivity contribution >= 4 is 20.5 Å². The molecule has 0 aliphatic heterocycles. The predicted octanol–water partition coefficient (Wildman–Crippen LogP) is -4.96. The monoisotopic (exact) mass is 340 g/mol. The van der Waals surface area contributed by atoms with Crippen LogP contribution < -0.4 is 67.3 Å². The first-order chi connectivity index (χ1) is 7.41. The Morgan fingerprint density at radius 2 is 1.28 bits per heavy atom. The molecule has 0 saturated carbocycles. The van der Waals surface area contributed by atoms with Crippen LogP contribution >= 0.6 is 0 Å². The van der Waals surface area contributed by atoms with Crippen LogP contribution in [0.1, 0.15) is 58.3 Å². The summed E-state index contributed by atoms with van der Waals surface area (Å²) < 4.78 is 27.5. The summed E-state index contributed by atoms with van der Waals surface area (Å²) in [5.74, 6) is 0. The van der Waals surface area contributed by atoms with Gasteiger partial charge >= 0.3 is 90.9 Å². The number of carbonyl (C=O) groups is 1. The van der Waals surface area contributed by atoms with Crippen molar-refractivity contribution in [1.29, 1.82) is 0 Å². The first kappa shape index (κ1) is 28.2. The average molecular weight is 340 g/mol. The van der Waals surface area contributed by atoms with Crippen LogP contribution in [0, 0.1) is 0 Å². The molecule has 0 saturated heterocycles. The molecule has 4 nitrogen and oxygen atoms in total. The Hall–Kier alpha value is 1.95. The van der Waals surface area contributed by atoms with E-state index in [2.05, 4.69) is 6.92 Å². The smallest absolute Gasteiger partial charge is 1.00 e. The minimum atomic E-state index is -4.62. The molecule has 7 heteroatoms. The first-order valence-corrected chi connectivity index (χ1v) is 10.0. The second kappa shape index (κ2) is 21.3. The average Bonchev–Trinajstić information content (AvgIpc) is 2.14. The van der Waals surface area contributed by atoms with Gasteiger partial charge in [-0.25, -0.2) is 0 Å². The summed E-state index contributed by atoms with van der Waals surface area (Å²) in [4.78, 5) is 9.94. The van der Waals surface area contributed by atoms with Crippen molar-refractivity contribution in [3.05, 3.63) is 0 Å². The molecule has 0 aliphatic carbocycles. The molecule has 0 radical (unpaired) electrons. The fourth-order valence-electron chi connectivity index (χ4n) is 1.18. The van der Waals surface area contributed by atoms with Crippen LogP contribution in [0.5, 0.6) is 0 Å². The molecule has 0 amide bonds. The molecule has 98 valence electrons. The third-order valence-corrected chi connectivity index (χ3v) is 1.93. The molecular formula is C11H23AsNa2O4. The standard InChI is InChI=1S/C10H20O.CH5AsO3.2Na/c1-2-3-4-5-6-7-8-9-10-11;1-2(3,4)5;;/h10H,2-9H2,1H3;1H3,(H2,3,4,5);;/q;;2*+1/p-2. The molecular weight excluding hydrogens is 317 g/mol. The van der Waals surface area contributed by atoms with E-state index in [0.717, 1.165) is 19.1 Å². The molecule has 0 rings (SSSR count). The molecule has 0 unspecified atom stereocenters. The quantitative estimate of drug-likeness (QED) is 0.252.